The first-order chi connectivity index (χ1) is 12.2. The minimum Gasteiger partial charge on any atom is -0.445 e. The van der Waals surface area contributed by atoms with Crippen LogP contribution in [0.5, 0.6) is 0 Å². The SMILES string of the molecule is C#C[C@H]1CCN(C(=O)OCc2ccccc2)[C@H](c2ccc(C)cc2)C1. The van der Waals surface area contributed by atoms with Crippen LogP contribution in [0.4, 0.5) is 4.79 Å². The van der Waals surface area contributed by atoms with Crippen molar-refractivity contribution in [2.75, 3.05) is 6.54 Å². The highest BCUT2D eigenvalue weighted by molar-refractivity contribution is 5.68. The molecule has 1 amide bonds. The van der Waals surface area contributed by atoms with Crippen molar-refractivity contribution in [2.45, 2.75) is 32.4 Å². The number of rotatable bonds is 3. The van der Waals surface area contributed by atoms with Crippen LogP contribution >= 0.6 is 0 Å². The average Bonchev–Trinajstić information content (AvgIpc) is 2.67. The lowest BCUT2D eigenvalue weighted by molar-refractivity contribution is 0.0622. The number of hydrogen-bond acceptors (Lipinski definition) is 2. The van der Waals surface area contributed by atoms with Gasteiger partial charge in [-0.3, -0.25) is 0 Å². The Morgan fingerprint density at radius 2 is 1.92 bits per heavy atom. The van der Waals surface area contributed by atoms with E-state index in [1.54, 1.807) is 0 Å². The molecule has 0 bridgehead atoms. The zero-order valence-electron chi connectivity index (χ0n) is 14.5. The summed E-state index contributed by atoms with van der Waals surface area (Å²) in [6.07, 6.45) is 6.96. The maximum Gasteiger partial charge on any atom is 0.410 e. The molecule has 128 valence electrons. The summed E-state index contributed by atoms with van der Waals surface area (Å²) in [7, 11) is 0. The summed E-state index contributed by atoms with van der Waals surface area (Å²) in [5.41, 5.74) is 3.30. The molecule has 2 aromatic rings. The van der Waals surface area contributed by atoms with Crippen LogP contribution in [0.2, 0.25) is 0 Å². The fourth-order valence-corrected chi connectivity index (χ4v) is 3.24. The molecule has 0 aromatic heterocycles. The summed E-state index contributed by atoms with van der Waals surface area (Å²) >= 11 is 0. The minimum atomic E-state index is -0.273. The van der Waals surface area contributed by atoms with Gasteiger partial charge in [-0.25, -0.2) is 4.79 Å². The van der Waals surface area contributed by atoms with Crippen LogP contribution in [0.1, 0.15) is 35.6 Å². The van der Waals surface area contributed by atoms with Crippen molar-refractivity contribution >= 4 is 6.09 Å². The zero-order valence-corrected chi connectivity index (χ0v) is 14.5. The maximum absolute atomic E-state index is 12.7. The van der Waals surface area contributed by atoms with Gasteiger partial charge < -0.3 is 9.64 Å². The standard InChI is InChI=1S/C22H23NO2/c1-3-18-13-14-23(21(15-18)20-11-9-17(2)10-12-20)22(24)25-16-19-7-5-4-6-8-19/h1,4-12,18,21H,13-16H2,2H3/t18-,21-/m0/s1. The van der Waals surface area contributed by atoms with Gasteiger partial charge in [0.1, 0.15) is 6.61 Å². The Labute approximate surface area is 149 Å². The molecule has 1 aliphatic heterocycles. The minimum absolute atomic E-state index is 0.0290. The third-order valence-electron chi connectivity index (χ3n) is 4.74. The van der Waals surface area contributed by atoms with E-state index in [-0.39, 0.29) is 24.7 Å². The fraction of sp³-hybridized carbons (Fsp3) is 0.318. The molecule has 1 heterocycles. The lowest BCUT2D eigenvalue weighted by Gasteiger charge is -2.37. The van der Waals surface area contributed by atoms with Gasteiger partial charge in [0.2, 0.25) is 0 Å². The Hall–Kier alpha value is -2.73. The summed E-state index contributed by atoms with van der Waals surface area (Å²) in [6.45, 7) is 2.97. The first-order valence-electron chi connectivity index (χ1n) is 8.67. The van der Waals surface area contributed by atoms with Crippen molar-refractivity contribution in [1.29, 1.82) is 0 Å². The molecule has 2 atom stereocenters. The molecule has 2 aromatic carbocycles. The van der Waals surface area contributed by atoms with E-state index >= 15 is 0 Å². The van der Waals surface area contributed by atoms with Crippen LogP contribution in [-0.4, -0.2) is 17.5 Å². The van der Waals surface area contributed by atoms with Crippen molar-refractivity contribution < 1.29 is 9.53 Å². The molecule has 1 aliphatic rings. The number of nitrogens with zero attached hydrogens (tertiary/aromatic N) is 1. The number of carbonyl (C=O) groups is 1. The number of hydrogen-bond donors (Lipinski definition) is 0. The summed E-state index contributed by atoms with van der Waals surface area (Å²) in [4.78, 5) is 14.5. The smallest absolute Gasteiger partial charge is 0.410 e. The highest BCUT2D eigenvalue weighted by atomic mass is 16.6. The van der Waals surface area contributed by atoms with E-state index in [2.05, 4.69) is 37.1 Å². The van der Waals surface area contributed by atoms with Crippen LogP contribution in [0, 0.1) is 25.2 Å². The Bertz CT molecular complexity index is 746. The summed E-state index contributed by atoms with van der Waals surface area (Å²) in [6, 6.07) is 18.0. The van der Waals surface area contributed by atoms with Crippen LogP contribution in [0.25, 0.3) is 0 Å². The Morgan fingerprint density at radius 1 is 1.20 bits per heavy atom. The molecule has 3 heteroatoms. The van der Waals surface area contributed by atoms with E-state index in [9.17, 15) is 4.79 Å². The van der Waals surface area contributed by atoms with Crippen molar-refractivity contribution in [2.24, 2.45) is 5.92 Å². The maximum atomic E-state index is 12.7. The molecule has 3 rings (SSSR count). The second-order valence-corrected chi connectivity index (χ2v) is 6.55. The number of aryl methyl sites for hydroxylation is 1. The van der Waals surface area contributed by atoms with Crippen LogP contribution < -0.4 is 0 Å². The van der Waals surface area contributed by atoms with Crippen LogP contribution in [0.3, 0.4) is 0 Å². The number of likely N-dealkylation sites (tertiary alicyclic amines) is 1. The fourth-order valence-electron chi connectivity index (χ4n) is 3.24. The number of carbonyl (C=O) groups excluding carboxylic acids is 1. The molecule has 25 heavy (non-hydrogen) atoms. The topological polar surface area (TPSA) is 29.5 Å². The third kappa shape index (κ3) is 4.22. The lowest BCUT2D eigenvalue weighted by atomic mass is 9.87. The second-order valence-electron chi connectivity index (χ2n) is 6.55. The van der Waals surface area contributed by atoms with Crippen LogP contribution in [0.15, 0.2) is 54.6 Å². The van der Waals surface area contributed by atoms with Crippen molar-refractivity contribution in [1.82, 2.24) is 4.90 Å². The number of piperidine rings is 1. The molecule has 1 fully saturated rings. The zero-order chi connectivity index (χ0) is 17.6. The molecule has 0 radical (unpaired) electrons. The number of terminal acetylenes is 1. The molecule has 0 aliphatic carbocycles. The Kier molecular flexibility index (Phi) is 5.40. The van der Waals surface area contributed by atoms with E-state index in [4.69, 9.17) is 11.2 Å². The second kappa shape index (κ2) is 7.90. The van der Waals surface area contributed by atoms with Gasteiger partial charge in [0, 0.05) is 12.5 Å². The van der Waals surface area contributed by atoms with Crippen LogP contribution in [-0.2, 0) is 11.3 Å². The van der Waals surface area contributed by atoms with Crippen molar-refractivity contribution in [3.63, 3.8) is 0 Å². The van der Waals surface area contributed by atoms with Gasteiger partial charge in [-0.2, -0.15) is 0 Å². The first-order valence-corrected chi connectivity index (χ1v) is 8.67. The molecule has 0 spiro atoms. The summed E-state index contributed by atoms with van der Waals surface area (Å²) in [5.74, 6) is 3.05. The van der Waals surface area contributed by atoms with Crippen molar-refractivity contribution in [3.05, 3.63) is 71.3 Å². The molecule has 0 N–H and O–H groups in total. The number of amides is 1. The normalized spacial score (nSPS) is 19.9. The van der Waals surface area contributed by atoms with Gasteiger partial charge in [-0.05, 0) is 30.9 Å². The molecular weight excluding hydrogens is 310 g/mol. The average molecular weight is 333 g/mol. The van der Waals surface area contributed by atoms with E-state index < -0.39 is 0 Å². The molecule has 1 saturated heterocycles. The number of benzene rings is 2. The predicted octanol–water partition coefficient (Wildman–Crippen LogP) is 4.72. The Balaban J connectivity index is 1.73. The molecular formula is C22H23NO2. The quantitative estimate of drug-likeness (QED) is 0.761. The van der Waals surface area contributed by atoms with E-state index in [1.807, 2.05) is 35.2 Å². The van der Waals surface area contributed by atoms with Gasteiger partial charge in [-0.15, -0.1) is 12.3 Å². The van der Waals surface area contributed by atoms with E-state index in [0.29, 0.717) is 6.54 Å². The molecule has 0 saturated carbocycles. The van der Waals surface area contributed by atoms with E-state index in [0.717, 1.165) is 24.0 Å². The largest absolute Gasteiger partial charge is 0.445 e. The third-order valence-corrected chi connectivity index (χ3v) is 4.74. The predicted molar refractivity (Wildman–Crippen MR) is 98.8 cm³/mol. The molecule has 3 nitrogen and oxygen atoms in total. The summed E-state index contributed by atoms with van der Waals surface area (Å²) < 4.78 is 5.55. The van der Waals surface area contributed by atoms with Gasteiger partial charge in [0.15, 0.2) is 0 Å². The monoisotopic (exact) mass is 333 g/mol. The van der Waals surface area contributed by atoms with E-state index in [1.165, 1.54) is 5.56 Å². The lowest BCUT2D eigenvalue weighted by Crippen LogP contribution is -2.41. The summed E-state index contributed by atoms with van der Waals surface area (Å²) in [5, 5.41) is 0. The highest BCUT2D eigenvalue weighted by Crippen LogP contribution is 2.34. The Morgan fingerprint density at radius 3 is 2.60 bits per heavy atom. The van der Waals surface area contributed by atoms with Gasteiger partial charge in [-0.1, -0.05) is 60.2 Å². The van der Waals surface area contributed by atoms with Gasteiger partial charge in [0.05, 0.1) is 6.04 Å². The highest BCUT2D eigenvalue weighted by Gasteiger charge is 2.32. The van der Waals surface area contributed by atoms with Crippen molar-refractivity contribution in [3.8, 4) is 12.3 Å². The molecule has 0 unspecified atom stereocenters. The number of ether oxygens (including phenoxy) is 1. The van der Waals surface area contributed by atoms with Gasteiger partial charge in [0.25, 0.3) is 0 Å². The van der Waals surface area contributed by atoms with Gasteiger partial charge >= 0.3 is 6.09 Å². The first kappa shape index (κ1) is 17.1.